The van der Waals surface area contributed by atoms with Gasteiger partial charge in [0, 0.05) is 41.8 Å². The highest BCUT2D eigenvalue weighted by atomic mass is 16.5. The Bertz CT molecular complexity index is 1270. The predicted molar refractivity (Wildman–Crippen MR) is 138 cm³/mol. The van der Waals surface area contributed by atoms with E-state index in [0.29, 0.717) is 31.2 Å². The second kappa shape index (κ2) is 11.2. The quantitative estimate of drug-likeness (QED) is 0.300. The van der Waals surface area contributed by atoms with E-state index >= 15 is 0 Å². The third-order valence-electron chi connectivity index (χ3n) is 6.03. The molecule has 7 heteroatoms. The average Bonchev–Trinajstić information content (AvgIpc) is 3.21. The van der Waals surface area contributed by atoms with Gasteiger partial charge in [0.1, 0.15) is 11.5 Å². The van der Waals surface area contributed by atoms with Crippen LogP contribution in [0.3, 0.4) is 0 Å². The van der Waals surface area contributed by atoms with Crippen LogP contribution in [0, 0.1) is 0 Å². The molecule has 4 N–H and O–H groups in total. The second-order valence-electron chi connectivity index (χ2n) is 8.76. The maximum Gasteiger partial charge on any atom is 0.354 e. The number of nitrogens with one attached hydrogen (secondary N) is 1. The molecule has 182 valence electrons. The summed E-state index contributed by atoms with van der Waals surface area (Å²) in [4.78, 5) is 16.7. The minimum absolute atomic E-state index is 0.139. The number of pyridine rings is 1. The summed E-state index contributed by atoms with van der Waals surface area (Å²) in [5, 5.41) is 14.8. The van der Waals surface area contributed by atoms with Crippen LogP contribution in [0.2, 0.25) is 0 Å². The highest BCUT2D eigenvalue weighted by Gasteiger charge is 2.18. The van der Waals surface area contributed by atoms with Crippen molar-refractivity contribution in [1.29, 1.82) is 0 Å². The van der Waals surface area contributed by atoms with Gasteiger partial charge in [-0.25, -0.2) is 9.78 Å². The van der Waals surface area contributed by atoms with E-state index in [9.17, 15) is 9.90 Å². The third kappa shape index (κ3) is 6.07. The van der Waals surface area contributed by atoms with E-state index in [0.717, 1.165) is 34.0 Å². The zero-order valence-electron chi connectivity index (χ0n) is 20.1. The number of benzene rings is 2. The van der Waals surface area contributed by atoms with Gasteiger partial charge in [-0.15, -0.1) is 0 Å². The van der Waals surface area contributed by atoms with Crippen LogP contribution < -0.4 is 11.1 Å². The van der Waals surface area contributed by atoms with Gasteiger partial charge in [0.2, 0.25) is 0 Å². The molecule has 0 radical (unpaired) electrons. The van der Waals surface area contributed by atoms with Gasteiger partial charge in [0.05, 0.1) is 12.7 Å². The molecule has 35 heavy (non-hydrogen) atoms. The van der Waals surface area contributed by atoms with Gasteiger partial charge in [0.25, 0.3) is 0 Å². The van der Waals surface area contributed by atoms with Crippen molar-refractivity contribution in [3.05, 3.63) is 95.3 Å². The molecule has 7 nitrogen and oxygen atoms in total. The number of esters is 1. The van der Waals surface area contributed by atoms with E-state index in [-0.39, 0.29) is 12.0 Å². The molecule has 2 aromatic carbocycles. The highest BCUT2D eigenvalue weighted by molar-refractivity contribution is 5.96. The predicted octanol–water partition coefficient (Wildman–Crippen LogP) is 4.10. The van der Waals surface area contributed by atoms with Crippen LogP contribution in [0.5, 0.6) is 0 Å². The smallest absolute Gasteiger partial charge is 0.354 e. The van der Waals surface area contributed by atoms with E-state index in [2.05, 4.69) is 47.6 Å². The molecule has 2 aromatic heterocycles. The lowest BCUT2D eigenvalue weighted by atomic mass is 10.0. The van der Waals surface area contributed by atoms with Gasteiger partial charge >= 0.3 is 5.97 Å². The number of ether oxygens (including phenoxy) is 1. The Kier molecular flexibility index (Phi) is 7.80. The molecule has 0 saturated heterocycles. The number of aliphatic hydroxyl groups excluding tert-OH is 1. The summed E-state index contributed by atoms with van der Waals surface area (Å²) in [6.45, 7) is 5.24. The largest absolute Gasteiger partial charge is 0.461 e. The lowest BCUT2D eigenvalue weighted by Crippen LogP contribution is -2.32. The summed E-state index contributed by atoms with van der Waals surface area (Å²) in [5.41, 5.74) is 10.2. The first kappa shape index (κ1) is 24.4. The number of fused-ring (bicyclic) bond motifs is 1. The second-order valence-corrected chi connectivity index (χ2v) is 8.76. The van der Waals surface area contributed by atoms with Crippen molar-refractivity contribution >= 4 is 22.7 Å². The summed E-state index contributed by atoms with van der Waals surface area (Å²) in [5.74, 6) is 0.115. The molecule has 0 spiro atoms. The Hall–Kier alpha value is -3.68. The fourth-order valence-electron chi connectivity index (χ4n) is 4.23. The van der Waals surface area contributed by atoms with E-state index < -0.39 is 6.10 Å². The molecular weight excluding hydrogens is 440 g/mol. The molecule has 0 bridgehead atoms. The van der Waals surface area contributed by atoms with E-state index in [4.69, 9.17) is 10.5 Å². The van der Waals surface area contributed by atoms with Gasteiger partial charge in [0.15, 0.2) is 0 Å². The number of carbonyl (C=O) groups is 1. The van der Waals surface area contributed by atoms with Gasteiger partial charge < -0.3 is 25.5 Å². The van der Waals surface area contributed by atoms with Crippen LogP contribution in [0.25, 0.3) is 10.9 Å². The van der Waals surface area contributed by atoms with Crippen LogP contribution >= 0.6 is 0 Å². The van der Waals surface area contributed by atoms with Crippen LogP contribution in [-0.2, 0) is 17.7 Å². The first-order valence-corrected chi connectivity index (χ1v) is 11.9. The topological polar surface area (TPSA) is 102 Å². The fourth-order valence-corrected chi connectivity index (χ4v) is 4.23. The maximum atomic E-state index is 12.7. The normalized spacial score (nSPS) is 13.0. The van der Waals surface area contributed by atoms with Crippen molar-refractivity contribution in [2.24, 2.45) is 0 Å². The van der Waals surface area contributed by atoms with Crippen molar-refractivity contribution in [3.8, 4) is 0 Å². The number of carbonyl (C=O) groups excluding carboxylic acids is 1. The van der Waals surface area contributed by atoms with Crippen molar-refractivity contribution in [2.45, 2.75) is 39.0 Å². The monoisotopic (exact) mass is 472 g/mol. The highest BCUT2D eigenvalue weighted by Crippen LogP contribution is 2.24. The molecule has 4 rings (SSSR count). The first-order valence-electron chi connectivity index (χ1n) is 11.9. The SMILES string of the molecule is CCOC(=O)c1cc2cc(C[C@@H](C)NC[C@@H](O)c3ccc(N)nc3)ccc2n1Cc1ccccc1. The zero-order valence-corrected chi connectivity index (χ0v) is 20.1. The summed E-state index contributed by atoms with van der Waals surface area (Å²) in [6.07, 6.45) is 1.72. The van der Waals surface area contributed by atoms with E-state index in [1.54, 1.807) is 18.3 Å². The molecule has 0 fully saturated rings. The minimum Gasteiger partial charge on any atom is -0.461 e. The summed E-state index contributed by atoms with van der Waals surface area (Å²) < 4.78 is 7.34. The molecule has 2 atom stereocenters. The molecule has 0 amide bonds. The van der Waals surface area contributed by atoms with Crippen LogP contribution in [0.1, 0.15) is 47.1 Å². The number of nitrogens with zero attached hydrogens (tertiary/aromatic N) is 2. The molecule has 0 saturated carbocycles. The molecule has 0 aliphatic heterocycles. The summed E-state index contributed by atoms with van der Waals surface area (Å²) in [6, 6.07) is 21.9. The van der Waals surface area contributed by atoms with E-state index in [1.807, 2.05) is 35.8 Å². The van der Waals surface area contributed by atoms with Crippen molar-refractivity contribution < 1.29 is 14.6 Å². The fraction of sp³-hybridized carbons (Fsp3) is 0.286. The third-order valence-corrected chi connectivity index (χ3v) is 6.03. The lowest BCUT2D eigenvalue weighted by molar-refractivity contribution is 0.0515. The zero-order chi connectivity index (χ0) is 24.8. The number of rotatable bonds is 10. The number of aliphatic hydroxyl groups is 1. The van der Waals surface area contributed by atoms with Crippen molar-refractivity contribution in [2.75, 3.05) is 18.9 Å². The standard InChI is InChI=1S/C28H32N4O3/c1-3-35-28(34)25-15-23-14-21(9-11-24(23)32(25)18-20-7-5-4-6-8-20)13-19(2)30-17-26(33)22-10-12-27(29)31-16-22/h4-12,14-16,19,26,30,33H,3,13,17-18H2,1-2H3,(H2,29,31)/t19-,26-/m1/s1. The average molecular weight is 473 g/mol. The van der Waals surface area contributed by atoms with Gasteiger partial charge in [-0.05, 0) is 55.7 Å². The Labute approximate surface area is 205 Å². The summed E-state index contributed by atoms with van der Waals surface area (Å²) >= 11 is 0. The van der Waals surface area contributed by atoms with E-state index in [1.165, 1.54) is 0 Å². The lowest BCUT2D eigenvalue weighted by Gasteiger charge is -2.17. The van der Waals surface area contributed by atoms with Crippen molar-refractivity contribution in [1.82, 2.24) is 14.9 Å². The van der Waals surface area contributed by atoms with Crippen molar-refractivity contribution in [3.63, 3.8) is 0 Å². The molecule has 0 aliphatic carbocycles. The molecular formula is C28H32N4O3. The van der Waals surface area contributed by atoms with Crippen LogP contribution in [0.15, 0.2) is 72.9 Å². The molecule has 2 heterocycles. The molecule has 0 aliphatic rings. The number of aromatic nitrogens is 2. The summed E-state index contributed by atoms with van der Waals surface area (Å²) in [7, 11) is 0. The number of nitrogens with two attached hydrogens (primary N) is 1. The van der Waals surface area contributed by atoms with Gasteiger partial charge in [-0.1, -0.05) is 42.5 Å². The van der Waals surface area contributed by atoms with Gasteiger partial charge in [-0.3, -0.25) is 0 Å². The minimum atomic E-state index is -0.660. The Morgan fingerprint density at radius 3 is 2.63 bits per heavy atom. The number of nitrogen functional groups attached to an aromatic ring is 1. The molecule has 4 aromatic rings. The Balaban J connectivity index is 1.49. The number of hydrogen-bond acceptors (Lipinski definition) is 6. The Morgan fingerprint density at radius 2 is 1.91 bits per heavy atom. The number of anilines is 1. The van der Waals surface area contributed by atoms with Crippen LogP contribution in [0.4, 0.5) is 5.82 Å². The van der Waals surface area contributed by atoms with Crippen LogP contribution in [-0.4, -0.2) is 39.8 Å². The van der Waals surface area contributed by atoms with Gasteiger partial charge in [-0.2, -0.15) is 0 Å². The molecule has 0 unspecified atom stereocenters. The maximum absolute atomic E-state index is 12.7. The Morgan fingerprint density at radius 1 is 1.11 bits per heavy atom. The number of hydrogen-bond donors (Lipinski definition) is 3. The first-order chi connectivity index (χ1) is 16.9.